The minimum Gasteiger partial charge on any atom is -0.258 e. The van der Waals surface area contributed by atoms with Crippen LogP contribution in [0.1, 0.15) is 0 Å². The normalized spacial score (nSPS) is 10.8. The average molecular weight is 376 g/mol. The van der Waals surface area contributed by atoms with Crippen molar-refractivity contribution in [1.82, 2.24) is 0 Å². The Balaban J connectivity index is 2.13. The van der Waals surface area contributed by atoms with Crippen LogP contribution in [-0.4, -0.2) is 9.85 Å². The molecule has 4 rings (SSSR count). The van der Waals surface area contributed by atoms with Crippen LogP contribution in [-0.2, 0) is 0 Å². The average Bonchev–Trinajstić information content (AvgIpc) is 3.07. The van der Waals surface area contributed by atoms with Crippen molar-refractivity contribution in [1.29, 1.82) is 0 Å². The number of hydrogen-bond donors (Lipinski definition) is 0. The van der Waals surface area contributed by atoms with Gasteiger partial charge in [-0.25, -0.2) is 0 Å². The lowest BCUT2D eigenvalue weighted by atomic mass is 9.97. The largest absolute Gasteiger partial charge is 0.278 e. The van der Waals surface area contributed by atoms with Crippen molar-refractivity contribution < 1.29 is 9.85 Å². The third-order valence-electron chi connectivity index (χ3n) is 4.31. The molecule has 1 aromatic heterocycles. The SMILES string of the molecule is O=[N+]([O-])c1ccccc1-c1sc2ccccc2c1-c1ccccc1[N+](=O)[O-]. The lowest BCUT2D eigenvalue weighted by Crippen LogP contribution is -1.94. The van der Waals surface area contributed by atoms with Crippen LogP contribution in [0.25, 0.3) is 31.7 Å². The van der Waals surface area contributed by atoms with E-state index < -0.39 is 9.85 Å². The van der Waals surface area contributed by atoms with Crippen molar-refractivity contribution in [2.75, 3.05) is 0 Å². The van der Waals surface area contributed by atoms with Crippen molar-refractivity contribution in [2.45, 2.75) is 0 Å². The van der Waals surface area contributed by atoms with Crippen LogP contribution in [0.15, 0.2) is 72.8 Å². The Morgan fingerprint density at radius 2 is 1.19 bits per heavy atom. The second-order valence-electron chi connectivity index (χ2n) is 5.85. The van der Waals surface area contributed by atoms with E-state index >= 15 is 0 Å². The summed E-state index contributed by atoms with van der Waals surface area (Å²) < 4.78 is 0.916. The molecule has 0 saturated heterocycles. The zero-order valence-electron chi connectivity index (χ0n) is 13.9. The van der Waals surface area contributed by atoms with Gasteiger partial charge in [-0.15, -0.1) is 11.3 Å². The summed E-state index contributed by atoms with van der Waals surface area (Å²) in [6, 6.07) is 20.5. The van der Waals surface area contributed by atoms with Crippen molar-refractivity contribution in [2.24, 2.45) is 0 Å². The number of para-hydroxylation sites is 2. The Labute approximate surface area is 157 Å². The van der Waals surface area contributed by atoms with Crippen LogP contribution in [0.3, 0.4) is 0 Å². The number of rotatable bonds is 4. The third kappa shape index (κ3) is 2.84. The van der Waals surface area contributed by atoms with E-state index in [4.69, 9.17) is 0 Å². The Bertz CT molecular complexity index is 1200. The summed E-state index contributed by atoms with van der Waals surface area (Å²) >= 11 is 1.40. The van der Waals surface area contributed by atoms with Crippen LogP contribution < -0.4 is 0 Å². The molecule has 0 aliphatic rings. The molecule has 0 amide bonds. The lowest BCUT2D eigenvalue weighted by molar-refractivity contribution is -0.384. The van der Waals surface area contributed by atoms with Gasteiger partial charge in [-0.2, -0.15) is 0 Å². The first-order valence-corrected chi connectivity index (χ1v) is 8.88. The number of thiophene rings is 1. The molecule has 0 aliphatic carbocycles. The van der Waals surface area contributed by atoms with Gasteiger partial charge in [-0.05, 0) is 18.2 Å². The quantitative estimate of drug-likeness (QED) is 0.320. The van der Waals surface area contributed by atoms with Crippen molar-refractivity contribution in [3.63, 3.8) is 0 Å². The van der Waals surface area contributed by atoms with Gasteiger partial charge in [0.1, 0.15) is 0 Å². The molecule has 4 aromatic rings. The maximum Gasteiger partial charge on any atom is 0.278 e. The summed E-state index contributed by atoms with van der Waals surface area (Å²) in [6.45, 7) is 0. The number of nitro benzene ring substituents is 2. The van der Waals surface area contributed by atoms with Gasteiger partial charge in [-0.1, -0.05) is 42.5 Å². The Morgan fingerprint density at radius 3 is 1.85 bits per heavy atom. The van der Waals surface area contributed by atoms with Gasteiger partial charge in [0.05, 0.1) is 25.9 Å². The number of nitro groups is 2. The summed E-state index contributed by atoms with van der Waals surface area (Å²) in [4.78, 5) is 22.9. The molecule has 6 nitrogen and oxygen atoms in total. The number of hydrogen-bond acceptors (Lipinski definition) is 5. The second kappa shape index (κ2) is 6.62. The van der Waals surface area contributed by atoms with E-state index in [1.54, 1.807) is 36.4 Å². The molecule has 0 saturated carbocycles. The van der Waals surface area contributed by atoms with E-state index in [0.717, 1.165) is 10.1 Å². The molecule has 132 valence electrons. The first kappa shape index (κ1) is 16.9. The molecule has 0 spiro atoms. The Morgan fingerprint density at radius 1 is 0.667 bits per heavy atom. The summed E-state index contributed by atoms with van der Waals surface area (Å²) in [5, 5.41) is 23.9. The predicted molar refractivity (Wildman–Crippen MR) is 106 cm³/mol. The summed E-state index contributed by atoms with van der Waals surface area (Å²) in [6.07, 6.45) is 0. The molecule has 27 heavy (non-hydrogen) atoms. The smallest absolute Gasteiger partial charge is 0.258 e. The molecule has 7 heteroatoms. The molecule has 0 radical (unpaired) electrons. The summed E-state index contributed by atoms with van der Waals surface area (Å²) in [5.74, 6) is 0. The van der Waals surface area contributed by atoms with Crippen LogP contribution in [0.2, 0.25) is 0 Å². The summed E-state index contributed by atoms with van der Waals surface area (Å²) in [5.41, 5.74) is 1.51. The van der Waals surface area contributed by atoms with E-state index in [1.807, 2.05) is 24.3 Å². The van der Waals surface area contributed by atoms with Crippen molar-refractivity contribution >= 4 is 32.8 Å². The van der Waals surface area contributed by atoms with Gasteiger partial charge in [0, 0.05) is 27.8 Å². The Kier molecular flexibility index (Phi) is 4.13. The van der Waals surface area contributed by atoms with Crippen LogP contribution in [0.4, 0.5) is 11.4 Å². The fourth-order valence-corrected chi connectivity index (χ4v) is 4.42. The highest BCUT2D eigenvalue weighted by atomic mass is 32.1. The minimum absolute atomic E-state index is 0.0242. The molecule has 3 aromatic carbocycles. The molecular weight excluding hydrogens is 364 g/mol. The van der Waals surface area contributed by atoms with E-state index in [2.05, 4.69) is 0 Å². The zero-order chi connectivity index (χ0) is 19.0. The topological polar surface area (TPSA) is 86.3 Å². The highest BCUT2D eigenvalue weighted by Gasteiger charge is 2.25. The fraction of sp³-hybridized carbons (Fsp3) is 0. The molecule has 1 heterocycles. The van der Waals surface area contributed by atoms with Gasteiger partial charge in [-0.3, -0.25) is 20.2 Å². The minimum atomic E-state index is -0.428. The third-order valence-corrected chi connectivity index (χ3v) is 5.52. The first-order valence-electron chi connectivity index (χ1n) is 8.07. The standard InChI is InChI=1S/C20H12N2O4S/c23-21(24)16-10-4-1-7-13(16)19-15-9-3-6-12-18(15)27-20(19)14-8-2-5-11-17(14)22(25)26/h1-12H. The molecule has 0 fully saturated rings. The van der Waals surface area contributed by atoms with Crippen LogP contribution in [0, 0.1) is 20.2 Å². The molecule has 0 bridgehead atoms. The maximum absolute atomic E-state index is 11.6. The first-order chi connectivity index (χ1) is 13.1. The highest BCUT2D eigenvalue weighted by molar-refractivity contribution is 7.23. The number of fused-ring (bicyclic) bond motifs is 1. The van der Waals surface area contributed by atoms with Gasteiger partial charge in [0.25, 0.3) is 11.4 Å². The van der Waals surface area contributed by atoms with Gasteiger partial charge >= 0.3 is 0 Å². The Hall–Kier alpha value is -3.58. The predicted octanol–water partition coefficient (Wildman–Crippen LogP) is 6.05. The lowest BCUT2D eigenvalue weighted by Gasteiger charge is -2.07. The van der Waals surface area contributed by atoms with Gasteiger partial charge in [0.2, 0.25) is 0 Å². The second-order valence-corrected chi connectivity index (χ2v) is 6.90. The van der Waals surface area contributed by atoms with Crippen LogP contribution in [0.5, 0.6) is 0 Å². The fourth-order valence-electron chi connectivity index (χ4n) is 3.17. The van der Waals surface area contributed by atoms with Crippen molar-refractivity contribution in [3.8, 4) is 21.6 Å². The monoisotopic (exact) mass is 376 g/mol. The molecule has 0 unspecified atom stereocenters. The van der Waals surface area contributed by atoms with E-state index in [1.165, 1.54) is 23.5 Å². The number of benzene rings is 3. The number of nitrogens with zero attached hydrogens (tertiary/aromatic N) is 2. The maximum atomic E-state index is 11.6. The highest BCUT2D eigenvalue weighted by Crippen LogP contribution is 2.48. The summed E-state index contributed by atoms with van der Waals surface area (Å²) in [7, 11) is 0. The van der Waals surface area contributed by atoms with Crippen LogP contribution >= 0.6 is 11.3 Å². The van der Waals surface area contributed by atoms with E-state index in [-0.39, 0.29) is 11.4 Å². The van der Waals surface area contributed by atoms with E-state index in [9.17, 15) is 20.2 Å². The molecule has 0 N–H and O–H groups in total. The molecule has 0 atom stereocenters. The molecular formula is C20H12N2O4S. The van der Waals surface area contributed by atoms with Gasteiger partial charge < -0.3 is 0 Å². The molecule has 0 aliphatic heterocycles. The van der Waals surface area contributed by atoms with Gasteiger partial charge in [0.15, 0.2) is 0 Å². The van der Waals surface area contributed by atoms with Crippen molar-refractivity contribution in [3.05, 3.63) is 93.0 Å². The zero-order valence-corrected chi connectivity index (χ0v) is 14.7. The van der Waals surface area contributed by atoms with E-state index in [0.29, 0.717) is 21.6 Å².